The average molecular weight is 585 g/mol. The van der Waals surface area contributed by atoms with Gasteiger partial charge >= 0.3 is 0 Å². The van der Waals surface area contributed by atoms with E-state index in [0.29, 0.717) is 5.92 Å². The van der Waals surface area contributed by atoms with Crippen LogP contribution in [0.3, 0.4) is 0 Å². The lowest BCUT2D eigenvalue weighted by Gasteiger charge is -2.15. The molecule has 0 unspecified atom stereocenters. The first kappa shape index (κ1) is 34.4. The average Bonchev–Trinajstić information content (AvgIpc) is 3.03. The molecule has 3 aromatic carbocycles. The van der Waals surface area contributed by atoms with Crippen molar-refractivity contribution in [1.29, 1.82) is 0 Å². The quantitative estimate of drug-likeness (QED) is 0.0979. The van der Waals surface area contributed by atoms with Crippen molar-refractivity contribution >= 4 is 11.4 Å². The van der Waals surface area contributed by atoms with Crippen LogP contribution in [0.2, 0.25) is 0 Å². The molecule has 0 amide bonds. The van der Waals surface area contributed by atoms with Gasteiger partial charge in [0.1, 0.15) is 11.5 Å². The second kappa shape index (κ2) is 19.2. The predicted molar refractivity (Wildman–Crippen MR) is 184 cm³/mol. The molecule has 0 aliphatic heterocycles. The molecular formula is C39H56N2O2. The van der Waals surface area contributed by atoms with Crippen LogP contribution in [0.5, 0.6) is 11.5 Å². The minimum Gasteiger partial charge on any atom is -0.494 e. The minimum absolute atomic E-state index is 0.351. The maximum Gasteiger partial charge on any atom is 0.122 e. The number of unbranched alkanes of at least 4 members (excludes halogenated alkanes) is 8. The van der Waals surface area contributed by atoms with Crippen molar-refractivity contribution in [2.75, 3.05) is 13.2 Å². The summed E-state index contributed by atoms with van der Waals surface area (Å²) in [5, 5.41) is 9.56. The zero-order valence-corrected chi connectivity index (χ0v) is 27.9. The molecule has 0 saturated heterocycles. The highest BCUT2D eigenvalue weighted by atomic mass is 16.5. The van der Waals surface area contributed by atoms with Gasteiger partial charge in [-0.1, -0.05) is 105 Å². The topological polar surface area (TPSA) is 43.2 Å². The van der Waals surface area contributed by atoms with Crippen molar-refractivity contribution < 1.29 is 9.47 Å². The lowest BCUT2D eigenvalue weighted by molar-refractivity contribution is 0.300. The fourth-order valence-corrected chi connectivity index (χ4v) is 5.38. The molecule has 0 radical (unpaired) electrons. The van der Waals surface area contributed by atoms with Crippen LogP contribution < -0.4 is 9.47 Å². The maximum absolute atomic E-state index is 6.24. The highest BCUT2D eigenvalue weighted by Gasteiger charge is 2.12. The van der Waals surface area contributed by atoms with E-state index in [1.54, 1.807) is 0 Å². The normalized spacial score (nSPS) is 11.5. The minimum atomic E-state index is 0.351. The number of ether oxygens (including phenoxy) is 2. The Kier molecular flexibility index (Phi) is 15.3. The van der Waals surface area contributed by atoms with Gasteiger partial charge in [0, 0.05) is 0 Å². The Balaban J connectivity index is 1.69. The standard InChI is InChI=1S/C39H56N2O2/c1-7-11-13-14-15-16-17-18-26-43-38-24-21-35(29-37(38)30(5)6)40-41-39-31(9-3)27-34(28-32(39)10-4)33-19-22-36(23-20-33)42-25-12-8-2/h19-24,27-30H,7-18,25-26H2,1-6H3. The van der Waals surface area contributed by atoms with Gasteiger partial charge in [0.15, 0.2) is 0 Å². The third-order valence-corrected chi connectivity index (χ3v) is 8.12. The summed E-state index contributed by atoms with van der Waals surface area (Å²) in [4.78, 5) is 0. The number of hydrogen-bond donors (Lipinski definition) is 0. The molecule has 0 bridgehead atoms. The van der Waals surface area contributed by atoms with Crippen LogP contribution in [0.1, 0.15) is 128 Å². The summed E-state index contributed by atoms with van der Waals surface area (Å²) in [6, 6.07) is 19.3. The Hall–Kier alpha value is -3.14. The van der Waals surface area contributed by atoms with Gasteiger partial charge in [-0.2, -0.15) is 5.11 Å². The Labute approximate surface area is 262 Å². The molecule has 0 fully saturated rings. The van der Waals surface area contributed by atoms with Crippen molar-refractivity contribution in [1.82, 2.24) is 0 Å². The molecule has 234 valence electrons. The smallest absolute Gasteiger partial charge is 0.122 e. The van der Waals surface area contributed by atoms with E-state index >= 15 is 0 Å². The summed E-state index contributed by atoms with van der Waals surface area (Å²) < 4.78 is 12.1. The van der Waals surface area contributed by atoms with E-state index in [2.05, 4.69) is 90.1 Å². The molecule has 0 atom stereocenters. The molecule has 4 heteroatoms. The van der Waals surface area contributed by atoms with Gasteiger partial charge in [0.25, 0.3) is 0 Å². The number of rotatable bonds is 20. The Morgan fingerprint density at radius 2 is 1.19 bits per heavy atom. The summed E-state index contributed by atoms with van der Waals surface area (Å²) in [5.41, 5.74) is 7.91. The van der Waals surface area contributed by atoms with E-state index in [9.17, 15) is 0 Å². The zero-order chi connectivity index (χ0) is 30.9. The first-order valence-corrected chi connectivity index (χ1v) is 17.1. The van der Waals surface area contributed by atoms with E-state index < -0.39 is 0 Å². The first-order valence-electron chi connectivity index (χ1n) is 17.1. The van der Waals surface area contributed by atoms with Crippen LogP contribution in [0.15, 0.2) is 64.8 Å². The number of benzene rings is 3. The second-order valence-electron chi connectivity index (χ2n) is 12.0. The molecule has 0 aliphatic rings. The summed E-state index contributed by atoms with van der Waals surface area (Å²) >= 11 is 0. The molecule has 4 nitrogen and oxygen atoms in total. The third kappa shape index (κ3) is 11.1. The number of nitrogens with zero attached hydrogens (tertiary/aromatic N) is 2. The van der Waals surface area contributed by atoms with Gasteiger partial charge in [-0.15, -0.1) is 5.11 Å². The molecule has 3 rings (SSSR count). The maximum atomic E-state index is 6.24. The van der Waals surface area contributed by atoms with E-state index in [1.165, 1.54) is 72.8 Å². The van der Waals surface area contributed by atoms with Crippen molar-refractivity contribution in [3.8, 4) is 22.6 Å². The van der Waals surface area contributed by atoms with Crippen LogP contribution in [0.4, 0.5) is 11.4 Å². The summed E-state index contributed by atoms with van der Waals surface area (Å²) in [6.07, 6.45) is 14.5. The van der Waals surface area contributed by atoms with E-state index in [4.69, 9.17) is 19.7 Å². The highest BCUT2D eigenvalue weighted by Crippen LogP contribution is 2.36. The number of aryl methyl sites for hydroxylation is 2. The first-order chi connectivity index (χ1) is 21.0. The molecule has 0 aromatic heterocycles. The fraction of sp³-hybridized carbons (Fsp3) is 0.538. The summed E-state index contributed by atoms with van der Waals surface area (Å²) in [6.45, 7) is 14.8. The molecule has 0 saturated carbocycles. The molecule has 43 heavy (non-hydrogen) atoms. The molecule has 0 aliphatic carbocycles. The van der Waals surface area contributed by atoms with Crippen molar-refractivity contribution in [2.24, 2.45) is 10.2 Å². The van der Waals surface area contributed by atoms with Gasteiger partial charge in [0.2, 0.25) is 0 Å². The van der Waals surface area contributed by atoms with Crippen LogP contribution in [-0.4, -0.2) is 13.2 Å². The van der Waals surface area contributed by atoms with Crippen molar-refractivity contribution in [3.63, 3.8) is 0 Å². The number of hydrogen-bond acceptors (Lipinski definition) is 4. The number of azo groups is 1. The van der Waals surface area contributed by atoms with Crippen LogP contribution in [0.25, 0.3) is 11.1 Å². The predicted octanol–water partition coefficient (Wildman–Crippen LogP) is 12.7. The van der Waals surface area contributed by atoms with Crippen LogP contribution >= 0.6 is 0 Å². The molecule has 0 N–H and O–H groups in total. The van der Waals surface area contributed by atoms with Gasteiger partial charge < -0.3 is 9.47 Å². The lowest BCUT2D eigenvalue weighted by atomic mass is 9.95. The Morgan fingerprint density at radius 3 is 1.79 bits per heavy atom. The summed E-state index contributed by atoms with van der Waals surface area (Å²) in [5.74, 6) is 2.26. The fourth-order valence-electron chi connectivity index (χ4n) is 5.38. The van der Waals surface area contributed by atoms with Gasteiger partial charge in [-0.25, -0.2) is 0 Å². The van der Waals surface area contributed by atoms with Crippen molar-refractivity contribution in [2.45, 2.75) is 125 Å². The molecular weight excluding hydrogens is 528 g/mol. The Bertz CT molecular complexity index is 1220. The van der Waals surface area contributed by atoms with Gasteiger partial charge in [0.05, 0.1) is 24.6 Å². The highest BCUT2D eigenvalue weighted by molar-refractivity contribution is 5.71. The largest absolute Gasteiger partial charge is 0.494 e. The van der Waals surface area contributed by atoms with Crippen LogP contribution in [0, 0.1) is 0 Å². The monoisotopic (exact) mass is 584 g/mol. The van der Waals surface area contributed by atoms with Gasteiger partial charge in [-0.05, 0) is 102 Å². The molecule has 0 spiro atoms. The van der Waals surface area contributed by atoms with Crippen LogP contribution in [-0.2, 0) is 12.8 Å². The molecule has 0 heterocycles. The SMILES string of the molecule is CCCCCCCCCCOc1ccc(N=Nc2c(CC)cc(-c3ccc(OCCCC)cc3)cc2CC)cc1C(C)C. The third-order valence-electron chi connectivity index (χ3n) is 8.12. The molecule has 3 aromatic rings. The van der Waals surface area contributed by atoms with E-state index in [-0.39, 0.29) is 0 Å². The van der Waals surface area contributed by atoms with E-state index in [1.807, 2.05) is 6.07 Å². The van der Waals surface area contributed by atoms with E-state index in [0.717, 1.165) is 68.2 Å². The van der Waals surface area contributed by atoms with Crippen molar-refractivity contribution in [3.05, 3.63) is 71.3 Å². The zero-order valence-electron chi connectivity index (χ0n) is 27.9. The summed E-state index contributed by atoms with van der Waals surface area (Å²) in [7, 11) is 0. The van der Waals surface area contributed by atoms with Gasteiger partial charge in [-0.3, -0.25) is 0 Å². The Morgan fingerprint density at radius 1 is 0.581 bits per heavy atom. The second-order valence-corrected chi connectivity index (χ2v) is 12.0. The lowest BCUT2D eigenvalue weighted by Crippen LogP contribution is -2.01.